The van der Waals surface area contributed by atoms with Crippen LogP contribution in [-0.2, 0) is 9.53 Å². The lowest BCUT2D eigenvalue weighted by molar-refractivity contribution is -0.204. The summed E-state index contributed by atoms with van der Waals surface area (Å²) in [6.45, 7) is 4.37. The molecule has 0 fully saturated rings. The Morgan fingerprint density at radius 1 is 1.57 bits per heavy atom. The van der Waals surface area contributed by atoms with E-state index in [0.29, 0.717) is 0 Å². The molecule has 0 aliphatic heterocycles. The van der Waals surface area contributed by atoms with Crippen LogP contribution >= 0.6 is 0 Å². The summed E-state index contributed by atoms with van der Waals surface area (Å²) in [6, 6.07) is 0. The first kappa shape index (κ1) is 13.0. The Labute approximate surface area is 79.7 Å². The predicted octanol–water partition coefficient (Wildman–Crippen LogP) is 1.39. The standard InChI is InChI=1S/C8H12F3NO2/c1-3-5-7(12,8(9,10)11)6(13)14-4-2/h3H,1,4-5,12H2,2H3/t7-/m1/s1. The van der Waals surface area contributed by atoms with Gasteiger partial charge in [0.15, 0.2) is 0 Å². The van der Waals surface area contributed by atoms with E-state index < -0.39 is 24.1 Å². The van der Waals surface area contributed by atoms with Crippen LogP contribution in [0.3, 0.4) is 0 Å². The number of hydrogen-bond donors (Lipinski definition) is 1. The zero-order chi connectivity index (χ0) is 11.4. The van der Waals surface area contributed by atoms with Crippen molar-refractivity contribution in [2.45, 2.75) is 25.1 Å². The maximum Gasteiger partial charge on any atom is 0.417 e. The molecule has 82 valence electrons. The molecule has 14 heavy (non-hydrogen) atoms. The van der Waals surface area contributed by atoms with Crippen LogP contribution in [0.25, 0.3) is 0 Å². The average molecular weight is 211 g/mol. The number of carbonyl (C=O) groups excluding carboxylic acids is 1. The summed E-state index contributed by atoms with van der Waals surface area (Å²) >= 11 is 0. The minimum Gasteiger partial charge on any atom is -0.464 e. The molecule has 0 aromatic heterocycles. The number of halogens is 3. The summed E-state index contributed by atoms with van der Waals surface area (Å²) in [5.41, 5.74) is 1.96. The molecule has 0 bridgehead atoms. The Hall–Kier alpha value is -1.04. The molecule has 0 aromatic rings. The second kappa shape index (κ2) is 4.45. The Morgan fingerprint density at radius 3 is 2.36 bits per heavy atom. The highest BCUT2D eigenvalue weighted by Crippen LogP contribution is 2.32. The number of alkyl halides is 3. The first-order chi connectivity index (χ1) is 6.29. The van der Waals surface area contributed by atoms with Gasteiger partial charge in [0.1, 0.15) is 0 Å². The molecular formula is C8H12F3NO2. The third kappa shape index (κ3) is 2.47. The quantitative estimate of drug-likeness (QED) is 0.564. The molecule has 0 unspecified atom stereocenters. The van der Waals surface area contributed by atoms with Gasteiger partial charge in [-0.1, -0.05) is 6.08 Å². The zero-order valence-corrected chi connectivity index (χ0v) is 7.73. The number of hydrogen-bond acceptors (Lipinski definition) is 3. The first-order valence-corrected chi connectivity index (χ1v) is 3.93. The molecule has 3 nitrogen and oxygen atoms in total. The third-order valence-corrected chi connectivity index (χ3v) is 1.61. The Morgan fingerprint density at radius 2 is 2.07 bits per heavy atom. The van der Waals surface area contributed by atoms with E-state index in [2.05, 4.69) is 11.3 Å². The number of nitrogens with two attached hydrogens (primary N) is 1. The monoisotopic (exact) mass is 211 g/mol. The van der Waals surface area contributed by atoms with Gasteiger partial charge in [0, 0.05) is 6.42 Å². The smallest absolute Gasteiger partial charge is 0.417 e. The fraction of sp³-hybridized carbons (Fsp3) is 0.625. The summed E-state index contributed by atoms with van der Waals surface area (Å²) in [5.74, 6) is -1.48. The third-order valence-electron chi connectivity index (χ3n) is 1.61. The van der Waals surface area contributed by atoms with Gasteiger partial charge in [-0.05, 0) is 6.92 Å². The van der Waals surface area contributed by atoms with Gasteiger partial charge in [-0.3, -0.25) is 0 Å². The summed E-state index contributed by atoms with van der Waals surface area (Å²) in [4.78, 5) is 11.0. The van der Waals surface area contributed by atoms with Crippen LogP contribution in [0.4, 0.5) is 13.2 Å². The SMILES string of the molecule is C=CC[C@@](N)(C(=O)OCC)C(F)(F)F. The van der Waals surface area contributed by atoms with E-state index in [-0.39, 0.29) is 6.61 Å². The van der Waals surface area contributed by atoms with Crippen LogP contribution < -0.4 is 5.73 Å². The van der Waals surface area contributed by atoms with Gasteiger partial charge in [0.25, 0.3) is 0 Å². The minimum atomic E-state index is -4.84. The first-order valence-electron chi connectivity index (χ1n) is 3.93. The highest BCUT2D eigenvalue weighted by atomic mass is 19.4. The highest BCUT2D eigenvalue weighted by molar-refractivity contribution is 5.82. The molecule has 0 aromatic carbocycles. The summed E-state index contributed by atoms with van der Waals surface area (Å²) in [6.07, 6.45) is -4.60. The summed E-state index contributed by atoms with van der Waals surface area (Å²) in [5, 5.41) is 0. The van der Waals surface area contributed by atoms with Crippen molar-refractivity contribution in [1.29, 1.82) is 0 Å². The van der Waals surface area contributed by atoms with Gasteiger partial charge >= 0.3 is 12.1 Å². The van der Waals surface area contributed by atoms with E-state index in [1.165, 1.54) is 6.92 Å². The van der Waals surface area contributed by atoms with Crippen LogP contribution in [0.5, 0.6) is 0 Å². The molecule has 6 heteroatoms. The average Bonchev–Trinajstić information content (AvgIpc) is 2.03. The minimum absolute atomic E-state index is 0.148. The van der Waals surface area contributed by atoms with Gasteiger partial charge in [-0.15, -0.1) is 6.58 Å². The lowest BCUT2D eigenvalue weighted by Crippen LogP contribution is -2.60. The molecule has 0 amide bonds. The van der Waals surface area contributed by atoms with E-state index >= 15 is 0 Å². The molecule has 0 aliphatic rings. The van der Waals surface area contributed by atoms with Gasteiger partial charge in [-0.2, -0.15) is 13.2 Å². The molecule has 0 spiro atoms. The van der Waals surface area contributed by atoms with Gasteiger partial charge in [-0.25, -0.2) is 4.79 Å². The van der Waals surface area contributed by atoms with E-state index in [4.69, 9.17) is 5.73 Å². The zero-order valence-electron chi connectivity index (χ0n) is 7.73. The van der Waals surface area contributed by atoms with Crippen molar-refractivity contribution in [3.8, 4) is 0 Å². The highest BCUT2D eigenvalue weighted by Gasteiger charge is 2.58. The van der Waals surface area contributed by atoms with Crippen LogP contribution in [0.15, 0.2) is 12.7 Å². The van der Waals surface area contributed by atoms with E-state index in [0.717, 1.165) is 6.08 Å². The van der Waals surface area contributed by atoms with E-state index in [1.54, 1.807) is 0 Å². The van der Waals surface area contributed by atoms with Gasteiger partial charge < -0.3 is 10.5 Å². The number of rotatable bonds is 4. The maximum absolute atomic E-state index is 12.4. The van der Waals surface area contributed by atoms with Gasteiger partial charge in [0.2, 0.25) is 5.54 Å². The molecule has 0 saturated carbocycles. The lowest BCUT2D eigenvalue weighted by Gasteiger charge is -2.27. The molecule has 0 saturated heterocycles. The summed E-state index contributed by atoms with van der Waals surface area (Å²) < 4.78 is 41.4. The Kier molecular flexibility index (Phi) is 4.12. The second-order valence-electron chi connectivity index (χ2n) is 2.68. The van der Waals surface area contributed by atoms with E-state index in [9.17, 15) is 18.0 Å². The lowest BCUT2D eigenvalue weighted by atomic mass is 9.96. The predicted molar refractivity (Wildman–Crippen MR) is 44.4 cm³/mol. The van der Waals surface area contributed by atoms with Crippen molar-refractivity contribution in [1.82, 2.24) is 0 Å². The van der Waals surface area contributed by atoms with Crippen molar-refractivity contribution in [3.63, 3.8) is 0 Å². The van der Waals surface area contributed by atoms with Gasteiger partial charge in [0.05, 0.1) is 6.61 Å². The molecule has 0 heterocycles. The largest absolute Gasteiger partial charge is 0.464 e. The molecule has 1 atom stereocenters. The fourth-order valence-corrected chi connectivity index (χ4v) is 0.802. The number of ether oxygens (including phenoxy) is 1. The van der Waals surface area contributed by atoms with Crippen molar-refractivity contribution < 1.29 is 22.7 Å². The second-order valence-corrected chi connectivity index (χ2v) is 2.68. The molecular weight excluding hydrogens is 199 g/mol. The van der Waals surface area contributed by atoms with Crippen molar-refractivity contribution in [3.05, 3.63) is 12.7 Å². The van der Waals surface area contributed by atoms with E-state index in [1.807, 2.05) is 0 Å². The Balaban J connectivity index is 4.89. The molecule has 0 radical (unpaired) electrons. The fourth-order valence-electron chi connectivity index (χ4n) is 0.802. The number of carbonyl (C=O) groups is 1. The molecule has 0 aliphatic carbocycles. The summed E-state index contributed by atoms with van der Waals surface area (Å²) in [7, 11) is 0. The van der Waals surface area contributed by atoms with Crippen molar-refractivity contribution in [2.24, 2.45) is 5.73 Å². The normalized spacial score (nSPS) is 15.8. The van der Waals surface area contributed by atoms with Crippen LogP contribution in [0.1, 0.15) is 13.3 Å². The maximum atomic E-state index is 12.4. The van der Waals surface area contributed by atoms with Crippen LogP contribution in [-0.4, -0.2) is 24.3 Å². The molecule has 2 N–H and O–H groups in total. The van der Waals surface area contributed by atoms with Crippen molar-refractivity contribution in [2.75, 3.05) is 6.61 Å². The van der Waals surface area contributed by atoms with Crippen molar-refractivity contribution >= 4 is 5.97 Å². The van der Waals surface area contributed by atoms with Crippen LogP contribution in [0, 0.1) is 0 Å². The topological polar surface area (TPSA) is 52.3 Å². The van der Waals surface area contributed by atoms with Crippen LogP contribution in [0.2, 0.25) is 0 Å². The number of esters is 1. The molecule has 0 rings (SSSR count). The Bertz CT molecular complexity index is 227.